The molecule has 1 spiro atoms. The van der Waals surface area contributed by atoms with Crippen LogP contribution in [0.5, 0.6) is 0 Å². The second-order valence-corrected chi connectivity index (χ2v) is 7.15. The minimum Gasteiger partial charge on any atom is -0.347 e. The van der Waals surface area contributed by atoms with Gasteiger partial charge >= 0.3 is 0 Å². The molecule has 0 unspecified atom stereocenters. The zero-order valence-corrected chi connectivity index (χ0v) is 12.7. The molecule has 0 aromatic carbocycles. The minimum absolute atomic E-state index is 0.0482. The molecule has 2 saturated carbocycles. The van der Waals surface area contributed by atoms with E-state index in [1.807, 2.05) is 6.08 Å². The average Bonchev–Trinajstić information content (AvgIpc) is 2.88. The van der Waals surface area contributed by atoms with Gasteiger partial charge in [-0.3, -0.25) is 4.79 Å². The highest BCUT2D eigenvalue weighted by Gasteiger charge is 2.65. The number of allylic oxidation sites excluding steroid dienone is 1. The molecule has 20 heavy (non-hydrogen) atoms. The van der Waals surface area contributed by atoms with Gasteiger partial charge in [0, 0.05) is 23.7 Å². The number of carbonyl (C=O) groups excluding carboxylic acids is 1. The van der Waals surface area contributed by atoms with Crippen LogP contribution in [0.1, 0.15) is 52.4 Å². The highest BCUT2D eigenvalue weighted by molar-refractivity contribution is 5.86. The minimum atomic E-state index is -0.445. The summed E-state index contributed by atoms with van der Waals surface area (Å²) in [7, 11) is 0. The third kappa shape index (κ3) is 1.69. The molecular formula is C17H26O3. The van der Waals surface area contributed by atoms with Crippen LogP contribution in [-0.2, 0) is 14.3 Å². The Labute approximate surface area is 121 Å². The maximum Gasteiger partial charge on any atom is 0.174 e. The molecule has 2 aliphatic carbocycles. The number of fused-ring (bicyclic) bond motifs is 2. The number of ether oxygens (including phenoxy) is 2. The fourth-order valence-electron chi connectivity index (χ4n) is 5.13. The van der Waals surface area contributed by atoms with E-state index in [1.165, 1.54) is 0 Å². The van der Waals surface area contributed by atoms with Gasteiger partial charge < -0.3 is 9.47 Å². The van der Waals surface area contributed by atoms with E-state index < -0.39 is 5.79 Å². The van der Waals surface area contributed by atoms with Gasteiger partial charge in [0.1, 0.15) is 5.78 Å². The standard InChI is InChI=1S/C17H26O3/c1-4-8-15(2)13-6-5-9-17(19-11-12-20-17)16(13,3)10-7-14(15)18/h4,13H,1,5-12H2,2-3H3/t13-,15-,16-/m1/s1. The summed E-state index contributed by atoms with van der Waals surface area (Å²) in [4.78, 5) is 12.6. The van der Waals surface area contributed by atoms with Crippen molar-refractivity contribution in [3.8, 4) is 0 Å². The average molecular weight is 278 g/mol. The maximum atomic E-state index is 12.6. The largest absolute Gasteiger partial charge is 0.347 e. The van der Waals surface area contributed by atoms with Crippen molar-refractivity contribution in [2.24, 2.45) is 16.7 Å². The van der Waals surface area contributed by atoms with Crippen LogP contribution in [0.25, 0.3) is 0 Å². The smallest absolute Gasteiger partial charge is 0.174 e. The Kier molecular flexibility index (Phi) is 3.33. The summed E-state index contributed by atoms with van der Waals surface area (Å²) in [5.74, 6) is 0.287. The van der Waals surface area contributed by atoms with Crippen LogP contribution in [-0.4, -0.2) is 24.8 Å². The molecule has 3 nitrogen and oxygen atoms in total. The second-order valence-electron chi connectivity index (χ2n) is 7.15. The van der Waals surface area contributed by atoms with Gasteiger partial charge in [-0.05, 0) is 31.6 Å². The molecule has 0 radical (unpaired) electrons. The van der Waals surface area contributed by atoms with Crippen molar-refractivity contribution in [3.63, 3.8) is 0 Å². The number of ketones is 1. The van der Waals surface area contributed by atoms with Gasteiger partial charge in [-0.15, -0.1) is 6.58 Å². The summed E-state index contributed by atoms with van der Waals surface area (Å²) in [5.41, 5.74) is -0.342. The van der Waals surface area contributed by atoms with Crippen molar-refractivity contribution in [2.75, 3.05) is 13.2 Å². The van der Waals surface area contributed by atoms with E-state index in [1.54, 1.807) is 0 Å². The summed E-state index contributed by atoms with van der Waals surface area (Å²) in [6, 6.07) is 0. The Bertz CT molecular complexity index is 424. The van der Waals surface area contributed by atoms with Gasteiger partial charge in [-0.1, -0.05) is 19.9 Å². The molecule has 1 heterocycles. The molecule has 3 rings (SSSR count). The fourth-order valence-corrected chi connectivity index (χ4v) is 5.13. The van der Waals surface area contributed by atoms with Crippen LogP contribution < -0.4 is 0 Å². The van der Waals surface area contributed by atoms with Gasteiger partial charge in [-0.25, -0.2) is 0 Å². The Morgan fingerprint density at radius 3 is 2.65 bits per heavy atom. The summed E-state index contributed by atoms with van der Waals surface area (Å²) in [5, 5.41) is 0. The highest BCUT2D eigenvalue weighted by atomic mass is 16.7. The molecule has 0 aromatic heterocycles. The fraction of sp³-hybridized carbons (Fsp3) is 0.824. The first-order valence-electron chi connectivity index (χ1n) is 7.91. The SMILES string of the molecule is C=CC[C@@]1(C)C(=O)CC[C@]2(C)[C@@H]1CCCC21OCCO1. The number of rotatable bonds is 2. The Morgan fingerprint density at radius 1 is 1.30 bits per heavy atom. The van der Waals surface area contributed by atoms with Crippen molar-refractivity contribution >= 4 is 5.78 Å². The summed E-state index contributed by atoms with van der Waals surface area (Å²) >= 11 is 0. The molecule has 3 aliphatic rings. The molecule has 0 aromatic rings. The molecule has 3 atom stereocenters. The van der Waals surface area contributed by atoms with Crippen molar-refractivity contribution in [1.82, 2.24) is 0 Å². The molecule has 112 valence electrons. The predicted octanol–water partition coefficient (Wildman–Crippen LogP) is 3.48. The molecule has 3 fully saturated rings. The first kappa shape index (κ1) is 14.3. The second kappa shape index (κ2) is 4.67. The van der Waals surface area contributed by atoms with Crippen LogP contribution in [0.2, 0.25) is 0 Å². The van der Waals surface area contributed by atoms with Crippen LogP contribution in [0, 0.1) is 16.7 Å². The lowest BCUT2D eigenvalue weighted by Crippen LogP contribution is -2.62. The third-order valence-electron chi connectivity index (χ3n) is 6.24. The van der Waals surface area contributed by atoms with Crippen molar-refractivity contribution in [3.05, 3.63) is 12.7 Å². The number of Topliss-reactive ketones (excluding diaryl/α,β-unsaturated/α-hetero) is 1. The van der Waals surface area contributed by atoms with E-state index in [9.17, 15) is 4.79 Å². The van der Waals surface area contributed by atoms with E-state index in [2.05, 4.69) is 20.4 Å². The molecule has 0 N–H and O–H groups in total. The third-order valence-corrected chi connectivity index (χ3v) is 6.24. The molecule has 3 heteroatoms. The monoisotopic (exact) mass is 278 g/mol. The quantitative estimate of drug-likeness (QED) is 0.725. The predicted molar refractivity (Wildman–Crippen MR) is 77.2 cm³/mol. The summed E-state index contributed by atoms with van der Waals surface area (Å²) < 4.78 is 12.2. The Morgan fingerprint density at radius 2 is 2.00 bits per heavy atom. The zero-order chi connectivity index (χ0) is 14.4. The normalized spacial score (nSPS) is 43.5. The first-order chi connectivity index (χ1) is 9.48. The molecule has 0 amide bonds. The van der Waals surface area contributed by atoms with Crippen LogP contribution in [0.3, 0.4) is 0 Å². The van der Waals surface area contributed by atoms with Crippen molar-refractivity contribution < 1.29 is 14.3 Å². The zero-order valence-electron chi connectivity index (χ0n) is 12.7. The Hall–Kier alpha value is -0.670. The first-order valence-corrected chi connectivity index (χ1v) is 7.91. The molecule has 0 bridgehead atoms. The lowest BCUT2D eigenvalue weighted by atomic mass is 9.48. The van der Waals surface area contributed by atoms with E-state index in [4.69, 9.17) is 9.47 Å². The number of hydrogen-bond donors (Lipinski definition) is 0. The van der Waals surface area contributed by atoms with Gasteiger partial charge in [-0.2, -0.15) is 0 Å². The Balaban J connectivity index is 2.02. The molecular weight excluding hydrogens is 252 g/mol. The summed E-state index contributed by atoms with van der Waals surface area (Å²) in [6.45, 7) is 9.67. The van der Waals surface area contributed by atoms with Crippen LogP contribution >= 0.6 is 0 Å². The summed E-state index contributed by atoms with van der Waals surface area (Å²) in [6.07, 6.45) is 7.36. The van der Waals surface area contributed by atoms with E-state index in [0.717, 1.165) is 32.1 Å². The lowest BCUT2D eigenvalue weighted by molar-refractivity contribution is -0.286. The molecule has 1 aliphatic heterocycles. The van der Waals surface area contributed by atoms with Gasteiger partial charge in [0.2, 0.25) is 0 Å². The van der Waals surface area contributed by atoms with E-state index in [0.29, 0.717) is 31.3 Å². The topological polar surface area (TPSA) is 35.5 Å². The van der Waals surface area contributed by atoms with E-state index in [-0.39, 0.29) is 10.8 Å². The molecule has 1 saturated heterocycles. The maximum absolute atomic E-state index is 12.6. The highest BCUT2D eigenvalue weighted by Crippen LogP contribution is 2.63. The lowest BCUT2D eigenvalue weighted by Gasteiger charge is -2.60. The van der Waals surface area contributed by atoms with Crippen molar-refractivity contribution in [2.45, 2.75) is 58.2 Å². The van der Waals surface area contributed by atoms with E-state index >= 15 is 0 Å². The van der Waals surface area contributed by atoms with Gasteiger partial charge in [0.15, 0.2) is 5.79 Å². The van der Waals surface area contributed by atoms with Gasteiger partial charge in [0.25, 0.3) is 0 Å². The van der Waals surface area contributed by atoms with Crippen LogP contribution in [0.4, 0.5) is 0 Å². The van der Waals surface area contributed by atoms with Crippen molar-refractivity contribution in [1.29, 1.82) is 0 Å². The van der Waals surface area contributed by atoms with Crippen LogP contribution in [0.15, 0.2) is 12.7 Å². The van der Waals surface area contributed by atoms with Gasteiger partial charge in [0.05, 0.1) is 13.2 Å². The number of hydrogen-bond acceptors (Lipinski definition) is 3. The number of carbonyl (C=O) groups is 1.